The largest absolute Gasteiger partial charge is 0.454 e. The van der Waals surface area contributed by atoms with Crippen LogP contribution in [-0.4, -0.2) is 22.5 Å². The van der Waals surface area contributed by atoms with E-state index in [-0.39, 0.29) is 19.2 Å². The molecular formula is C18H12BrClFN3O3. The van der Waals surface area contributed by atoms with Gasteiger partial charge in [-0.15, -0.1) is 0 Å². The maximum Gasteiger partial charge on any atom is 0.257 e. The molecule has 0 radical (unpaired) electrons. The number of carbonyl (C=O) groups is 1. The maximum absolute atomic E-state index is 14.0. The van der Waals surface area contributed by atoms with Crippen LogP contribution in [-0.2, 0) is 6.54 Å². The van der Waals surface area contributed by atoms with E-state index in [4.69, 9.17) is 21.1 Å². The van der Waals surface area contributed by atoms with Gasteiger partial charge in [-0.25, -0.2) is 4.39 Å². The number of nitrogens with one attached hydrogen (secondary N) is 1. The van der Waals surface area contributed by atoms with Crippen molar-refractivity contribution in [3.05, 3.63) is 69.0 Å². The first-order chi connectivity index (χ1) is 13.0. The Balaban J connectivity index is 1.52. The number of rotatable bonds is 4. The summed E-state index contributed by atoms with van der Waals surface area (Å²) in [6.07, 6.45) is 1.64. The molecule has 1 aliphatic heterocycles. The van der Waals surface area contributed by atoms with Gasteiger partial charge in [0.25, 0.3) is 5.91 Å². The summed E-state index contributed by atoms with van der Waals surface area (Å²) >= 11 is 9.40. The molecular weight excluding hydrogens is 441 g/mol. The number of amides is 1. The van der Waals surface area contributed by atoms with Crippen molar-refractivity contribution in [2.75, 3.05) is 12.1 Å². The number of halogens is 3. The van der Waals surface area contributed by atoms with Crippen molar-refractivity contribution in [2.24, 2.45) is 0 Å². The molecule has 1 aromatic heterocycles. The summed E-state index contributed by atoms with van der Waals surface area (Å²) in [5, 5.41) is 7.31. The molecule has 138 valence electrons. The average molecular weight is 453 g/mol. The fourth-order valence-electron chi connectivity index (χ4n) is 2.63. The highest BCUT2D eigenvalue weighted by atomic mass is 79.9. The number of fused-ring (bicyclic) bond motifs is 1. The fourth-order valence-corrected chi connectivity index (χ4v) is 3.26. The Bertz CT molecular complexity index is 1020. The molecule has 1 N–H and O–H groups in total. The fraction of sp³-hybridized carbons (Fsp3) is 0.111. The zero-order valence-electron chi connectivity index (χ0n) is 13.7. The first kappa shape index (κ1) is 17.8. The second-order valence-electron chi connectivity index (χ2n) is 5.75. The standard InChI is InChI=1S/C18H12BrClFN3O3/c19-12-8-24(7-11-13(20)2-1-3-14(11)21)23-17(12)22-18(25)10-4-5-15-16(6-10)27-9-26-15/h1-6,8H,7,9H2,(H,22,23,25). The third-order valence-corrected chi connectivity index (χ3v) is 4.90. The van der Waals surface area contributed by atoms with Gasteiger partial charge in [-0.05, 0) is 46.3 Å². The first-order valence-corrected chi connectivity index (χ1v) is 9.05. The van der Waals surface area contributed by atoms with Crippen molar-refractivity contribution in [1.82, 2.24) is 9.78 Å². The van der Waals surface area contributed by atoms with E-state index in [1.165, 1.54) is 16.8 Å². The molecule has 2 aromatic carbocycles. The maximum atomic E-state index is 14.0. The Hall–Kier alpha value is -2.58. The van der Waals surface area contributed by atoms with Crippen molar-refractivity contribution in [3.8, 4) is 11.5 Å². The lowest BCUT2D eigenvalue weighted by Gasteiger charge is -2.06. The van der Waals surface area contributed by atoms with Gasteiger partial charge in [0.05, 0.1) is 11.0 Å². The van der Waals surface area contributed by atoms with E-state index in [2.05, 4.69) is 26.3 Å². The van der Waals surface area contributed by atoms with E-state index in [1.54, 1.807) is 30.5 Å². The Kier molecular flexibility index (Phi) is 4.75. The lowest BCUT2D eigenvalue weighted by molar-refractivity contribution is 0.102. The molecule has 1 amide bonds. The predicted molar refractivity (Wildman–Crippen MR) is 101 cm³/mol. The molecule has 4 rings (SSSR count). The molecule has 1 aliphatic rings. The highest BCUT2D eigenvalue weighted by Crippen LogP contribution is 2.33. The van der Waals surface area contributed by atoms with E-state index in [0.717, 1.165) is 0 Å². The summed E-state index contributed by atoms with van der Waals surface area (Å²) < 4.78 is 26.5. The van der Waals surface area contributed by atoms with Crippen LogP contribution in [0.4, 0.5) is 10.2 Å². The molecule has 6 nitrogen and oxygen atoms in total. The van der Waals surface area contributed by atoms with Crippen LogP contribution in [0.5, 0.6) is 11.5 Å². The van der Waals surface area contributed by atoms with Crippen molar-refractivity contribution in [1.29, 1.82) is 0 Å². The van der Waals surface area contributed by atoms with Crippen LogP contribution in [0.15, 0.2) is 47.1 Å². The van der Waals surface area contributed by atoms with Gasteiger partial charge >= 0.3 is 0 Å². The molecule has 0 aliphatic carbocycles. The van der Waals surface area contributed by atoms with Gasteiger partial charge in [0.1, 0.15) is 5.82 Å². The van der Waals surface area contributed by atoms with Gasteiger partial charge in [-0.1, -0.05) is 17.7 Å². The average Bonchev–Trinajstić information content (AvgIpc) is 3.24. The van der Waals surface area contributed by atoms with E-state index in [9.17, 15) is 9.18 Å². The van der Waals surface area contributed by atoms with Gasteiger partial charge in [0.15, 0.2) is 17.3 Å². The SMILES string of the molecule is O=C(Nc1nn(Cc2c(F)cccc2Cl)cc1Br)c1ccc2c(c1)OCO2. The molecule has 0 bridgehead atoms. The lowest BCUT2D eigenvalue weighted by atomic mass is 10.2. The van der Waals surface area contributed by atoms with Crippen LogP contribution in [0, 0.1) is 5.82 Å². The molecule has 9 heteroatoms. The number of hydrogen-bond donors (Lipinski definition) is 1. The molecule has 0 fully saturated rings. The van der Waals surface area contributed by atoms with Crippen molar-refractivity contribution >= 4 is 39.3 Å². The third-order valence-electron chi connectivity index (χ3n) is 3.97. The van der Waals surface area contributed by atoms with Gasteiger partial charge in [-0.2, -0.15) is 5.10 Å². The summed E-state index contributed by atoms with van der Waals surface area (Å²) in [4.78, 5) is 12.5. The molecule has 3 aromatic rings. The zero-order valence-corrected chi connectivity index (χ0v) is 16.1. The summed E-state index contributed by atoms with van der Waals surface area (Å²) in [5.41, 5.74) is 0.723. The van der Waals surface area contributed by atoms with Crippen LogP contribution in [0.25, 0.3) is 0 Å². The number of anilines is 1. The van der Waals surface area contributed by atoms with Crippen LogP contribution in [0.1, 0.15) is 15.9 Å². The van der Waals surface area contributed by atoms with Crippen LogP contribution < -0.4 is 14.8 Å². The number of benzene rings is 2. The molecule has 2 heterocycles. The molecule has 27 heavy (non-hydrogen) atoms. The van der Waals surface area contributed by atoms with Crippen LogP contribution in [0.3, 0.4) is 0 Å². The highest BCUT2D eigenvalue weighted by Gasteiger charge is 2.18. The number of nitrogens with zero attached hydrogens (tertiary/aromatic N) is 2. The third kappa shape index (κ3) is 3.63. The highest BCUT2D eigenvalue weighted by molar-refractivity contribution is 9.10. The lowest BCUT2D eigenvalue weighted by Crippen LogP contribution is -2.13. The number of carbonyl (C=O) groups excluding carboxylic acids is 1. The summed E-state index contributed by atoms with van der Waals surface area (Å²) in [7, 11) is 0. The normalized spacial score (nSPS) is 12.3. The molecule has 0 saturated heterocycles. The Labute approximate surface area is 167 Å². The van der Waals surface area contributed by atoms with Gasteiger partial charge in [0, 0.05) is 22.3 Å². The zero-order chi connectivity index (χ0) is 19.0. The molecule has 0 saturated carbocycles. The quantitative estimate of drug-likeness (QED) is 0.634. The number of aromatic nitrogens is 2. The van der Waals surface area contributed by atoms with Gasteiger partial charge in [0.2, 0.25) is 6.79 Å². The van der Waals surface area contributed by atoms with E-state index in [0.29, 0.717) is 37.9 Å². The second-order valence-corrected chi connectivity index (χ2v) is 7.01. The molecule has 0 spiro atoms. The molecule has 0 atom stereocenters. The second kappa shape index (κ2) is 7.21. The van der Waals surface area contributed by atoms with E-state index < -0.39 is 5.82 Å². The predicted octanol–water partition coefficient (Wildman–Crippen LogP) is 4.47. The van der Waals surface area contributed by atoms with Crippen molar-refractivity contribution in [3.63, 3.8) is 0 Å². The Morgan fingerprint density at radius 2 is 2.11 bits per heavy atom. The first-order valence-electron chi connectivity index (χ1n) is 7.88. The topological polar surface area (TPSA) is 65.4 Å². The Morgan fingerprint density at radius 1 is 1.30 bits per heavy atom. The van der Waals surface area contributed by atoms with Crippen molar-refractivity contribution in [2.45, 2.75) is 6.54 Å². The minimum atomic E-state index is -0.417. The summed E-state index contributed by atoms with van der Waals surface area (Å²) in [6.45, 7) is 0.263. The smallest absolute Gasteiger partial charge is 0.257 e. The summed E-state index contributed by atoms with van der Waals surface area (Å²) in [5.74, 6) is 0.647. The number of hydrogen-bond acceptors (Lipinski definition) is 4. The summed E-state index contributed by atoms with van der Waals surface area (Å²) in [6, 6.07) is 9.39. The molecule has 0 unspecified atom stereocenters. The van der Waals surface area contributed by atoms with Crippen LogP contribution in [0.2, 0.25) is 5.02 Å². The monoisotopic (exact) mass is 451 g/mol. The minimum Gasteiger partial charge on any atom is -0.454 e. The Morgan fingerprint density at radius 3 is 2.93 bits per heavy atom. The van der Waals surface area contributed by atoms with E-state index in [1.807, 2.05) is 0 Å². The van der Waals surface area contributed by atoms with Crippen molar-refractivity contribution < 1.29 is 18.7 Å². The van der Waals surface area contributed by atoms with E-state index >= 15 is 0 Å². The number of ether oxygens (including phenoxy) is 2. The van der Waals surface area contributed by atoms with Crippen LogP contribution >= 0.6 is 27.5 Å². The van der Waals surface area contributed by atoms with Gasteiger partial charge < -0.3 is 14.8 Å². The minimum absolute atomic E-state index is 0.129. The van der Waals surface area contributed by atoms with Gasteiger partial charge in [-0.3, -0.25) is 9.48 Å².